The van der Waals surface area contributed by atoms with Crippen LogP contribution >= 0.6 is 22.6 Å². The second-order valence-electron chi connectivity index (χ2n) is 4.24. The van der Waals surface area contributed by atoms with Crippen molar-refractivity contribution in [1.29, 1.82) is 0 Å². The lowest BCUT2D eigenvalue weighted by Crippen LogP contribution is -2.03. The van der Waals surface area contributed by atoms with Gasteiger partial charge in [-0.1, -0.05) is 57.0 Å². The van der Waals surface area contributed by atoms with Gasteiger partial charge in [-0.3, -0.25) is 0 Å². The van der Waals surface area contributed by atoms with E-state index in [0.717, 1.165) is 31.2 Å². The highest BCUT2D eigenvalue weighted by Gasteiger charge is 2.15. The lowest BCUT2D eigenvalue weighted by Gasteiger charge is -2.17. The van der Waals surface area contributed by atoms with Crippen LogP contribution in [-0.2, 0) is 0 Å². The van der Waals surface area contributed by atoms with Crippen molar-refractivity contribution in [1.82, 2.24) is 0 Å². The summed E-state index contributed by atoms with van der Waals surface area (Å²) in [4.78, 5) is 0. The summed E-state index contributed by atoms with van der Waals surface area (Å²) < 4.78 is 1.32. The van der Waals surface area contributed by atoms with Crippen LogP contribution in [0.5, 0.6) is 0 Å². The molecule has 2 heteroatoms. The van der Waals surface area contributed by atoms with Gasteiger partial charge in [0.25, 0.3) is 0 Å². The molecule has 0 heterocycles. The van der Waals surface area contributed by atoms with E-state index in [9.17, 15) is 5.11 Å². The highest BCUT2D eigenvalue weighted by Crippen LogP contribution is 2.32. The SMILES string of the molecule is CCC/C(I)=C(\CCC)C(O)c1ccccc1. The van der Waals surface area contributed by atoms with Gasteiger partial charge in [0.05, 0.1) is 0 Å². The molecule has 1 atom stereocenters. The number of hydrogen-bond acceptors (Lipinski definition) is 1. The molecule has 1 aromatic rings. The lowest BCUT2D eigenvalue weighted by atomic mass is 9.97. The summed E-state index contributed by atoms with van der Waals surface area (Å²) in [6.07, 6.45) is 3.82. The fraction of sp³-hybridized carbons (Fsp3) is 0.467. The summed E-state index contributed by atoms with van der Waals surface area (Å²) in [5.41, 5.74) is 2.20. The summed E-state index contributed by atoms with van der Waals surface area (Å²) in [7, 11) is 0. The van der Waals surface area contributed by atoms with Gasteiger partial charge in [0, 0.05) is 0 Å². The second kappa shape index (κ2) is 7.88. The van der Waals surface area contributed by atoms with Gasteiger partial charge in [0.1, 0.15) is 6.10 Å². The van der Waals surface area contributed by atoms with Crippen LogP contribution < -0.4 is 0 Å². The molecule has 0 amide bonds. The van der Waals surface area contributed by atoms with E-state index in [2.05, 4.69) is 36.4 Å². The molecule has 1 nitrogen and oxygen atoms in total. The summed E-state index contributed by atoms with van der Waals surface area (Å²) >= 11 is 2.39. The van der Waals surface area contributed by atoms with Crippen LogP contribution in [0.15, 0.2) is 39.5 Å². The van der Waals surface area contributed by atoms with Crippen LogP contribution in [0.1, 0.15) is 51.2 Å². The molecule has 0 spiro atoms. The summed E-state index contributed by atoms with van der Waals surface area (Å²) in [6.45, 7) is 4.34. The Morgan fingerprint density at radius 1 is 1.12 bits per heavy atom. The van der Waals surface area contributed by atoms with Crippen molar-refractivity contribution < 1.29 is 5.11 Å². The van der Waals surface area contributed by atoms with E-state index in [0.29, 0.717) is 0 Å². The van der Waals surface area contributed by atoms with Crippen LogP contribution in [0.3, 0.4) is 0 Å². The van der Waals surface area contributed by atoms with Gasteiger partial charge in [-0.25, -0.2) is 0 Å². The molecule has 1 aromatic carbocycles. The fourth-order valence-electron chi connectivity index (χ4n) is 1.91. The Morgan fingerprint density at radius 3 is 2.24 bits per heavy atom. The van der Waals surface area contributed by atoms with E-state index in [1.54, 1.807) is 0 Å². The maximum atomic E-state index is 10.4. The van der Waals surface area contributed by atoms with Crippen molar-refractivity contribution >= 4 is 22.6 Å². The zero-order valence-electron chi connectivity index (χ0n) is 10.6. The molecular weight excluding hydrogens is 323 g/mol. The number of allylic oxidation sites excluding steroid dienone is 1. The number of hydrogen-bond donors (Lipinski definition) is 1. The highest BCUT2D eigenvalue weighted by molar-refractivity contribution is 14.1. The normalized spacial score (nSPS) is 14.4. The minimum absolute atomic E-state index is 0.436. The summed E-state index contributed by atoms with van der Waals surface area (Å²) in [6, 6.07) is 9.94. The van der Waals surface area contributed by atoms with E-state index >= 15 is 0 Å². The molecule has 0 bridgehead atoms. The largest absolute Gasteiger partial charge is 0.384 e. The Morgan fingerprint density at radius 2 is 1.71 bits per heavy atom. The molecule has 0 saturated heterocycles. The Bertz CT molecular complexity index is 356. The van der Waals surface area contributed by atoms with Gasteiger partial charge >= 0.3 is 0 Å². The molecule has 0 fully saturated rings. The minimum Gasteiger partial charge on any atom is -0.384 e. The van der Waals surface area contributed by atoms with E-state index in [4.69, 9.17) is 0 Å². The minimum atomic E-state index is -0.436. The molecular formula is C15H21IO. The Hall–Kier alpha value is -0.350. The van der Waals surface area contributed by atoms with E-state index in [1.165, 1.54) is 9.15 Å². The molecule has 0 radical (unpaired) electrons. The fourth-order valence-corrected chi connectivity index (χ4v) is 3.01. The van der Waals surface area contributed by atoms with Gasteiger partial charge in [-0.2, -0.15) is 0 Å². The van der Waals surface area contributed by atoms with Gasteiger partial charge in [0.15, 0.2) is 0 Å². The molecule has 1 N–H and O–H groups in total. The van der Waals surface area contributed by atoms with E-state index in [-0.39, 0.29) is 0 Å². The first-order valence-electron chi connectivity index (χ1n) is 6.31. The van der Waals surface area contributed by atoms with Crippen molar-refractivity contribution in [2.24, 2.45) is 0 Å². The molecule has 0 aliphatic heterocycles. The number of halogens is 1. The highest BCUT2D eigenvalue weighted by atomic mass is 127. The van der Waals surface area contributed by atoms with Crippen molar-refractivity contribution in [2.45, 2.75) is 45.6 Å². The van der Waals surface area contributed by atoms with Crippen molar-refractivity contribution in [3.8, 4) is 0 Å². The smallest absolute Gasteiger partial charge is 0.101 e. The molecule has 94 valence electrons. The first-order chi connectivity index (χ1) is 8.20. The number of rotatable bonds is 6. The third-order valence-corrected chi connectivity index (χ3v) is 4.01. The Balaban J connectivity index is 2.95. The van der Waals surface area contributed by atoms with Crippen LogP contribution in [-0.4, -0.2) is 5.11 Å². The van der Waals surface area contributed by atoms with Crippen LogP contribution in [0.4, 0.5) is 0 Å². The third kappa shape index (κ3) is 4.43. The molecule has 1 unspecified atom stereocenters. The van der Waals surface area contributed by atoms with Gasteiger partial charge in [0.2, 0.25) is 0 Å². The molecule has 17 heavy (non-hydrogen) atoms. The second-order valence-corrected chi connectivity index (χ2v) is 5.55. The van der Waals surface area contributed by atoms with E-state index < -0.39 is 6.10 Å². The zero-order chi connectivity index (χ0) is 12.7. The van der Waals surface area contributed by atoms with Crippen molar-refractivity contribution in [3.05, 3.63) is 45.0 Å². The van der Waals surface area contributed by atoms with Crippen molar-refractivity contribution in [3.63, 3.8) is 0 Å². The molecule has 0 aromatic heterocycles. The van der Waals surface area contributed by atoms with Gasteiger partial charge in [-0.05, 0) is 50.1 Å². The summed E-state index contributed by atoms with van der Waals surface area (Å²) in [5, 5.41) is 10.4. The number of benzene rings is 1. The van der Waals surface area contributed by atoms with E-state index in [1.807, 2.05) is 30.3 Å². The molecule has 1 rings (SSSR count). The number of aliphatic hydroxyl groups is 1. The summed E-state index contributed by atoms with van der Waals surface area (Å²) in [5.74, 6) is 0. The quantitative estimate of drug-likeness (QED) is 0.720. The lowest BCUT2D eigenvalue weighted by molar-refractivity contribution is 0.210. The monoisotopic (exact) mass is 344 g/mol. The van der Waals surface area contributed by atoms with Crippen molar-refractivity contribution in [2.75, 3.05) is 0 Å². The van der Waals surface area contributed by atoms with Crippen LogP contribution in [0.2, 0.25) is 0 Å². The zero-order valence-corrected chi connectivity index (χ0v) is 12.8. The number of aliphatic hydroxyl groups excluding tert-OH is 1. The maximum Gasteiger partial charge on any atom is 0.101 e. The predicted molar refractivity (Wildman–Crippen MR) is 82.3 cm³/mol. The standard InChI is InChI=1S/C15H21IO/c1-3-8-13(14(16)9-4-2)15(17)12-10-6-5-7-11-12/h5-7,10-11,15,17H,3-4,8-9H2,1-2H3/b14-13-. The average molecular weight is 344 g/mol. The molecule has 0 aliphatic carbocycles. The van der Waals surface area contributed by atoms with Crippen LogP contribution in [0.25, 0.3) is 0 Å². The van der Waals surface area contributed by atoms with Gasteiger partial charge in [-0.15, -0.1) is 0 Å². The molecule has 0 aliphatic rings. The first-order valence-corrected chi connectivity index (χ1v) is 7.39. The van der Waals surface area contributed by atoms with Gasteiger partial charge < -0.3 is 5.11 Å². The Kier molecular flexibility index (Phi) is 6.82. The van der Waals surface area contributed by atoms with Crippen LogP contribution in [0, 0.1) is 0 Å². The maximum absolute atomic E-state index is 10.4. The topological polar surface area (TPSA) is 20.2 Å². The molecule has 0 saturated carbocycles. The third-order valence-electron chi connectivity index (χ3n) is 2.78. The predicted octanol–water partition coefficient (Wildman–Crippen LogP) is 5.01. The first kappa shape index (κ1) is 14.7. The Labute approximate surface area is 118 Å². The average Bonchev–Trinajstić information content (AvgIpc) is 2.36.